The van der Waals surface area contributed by atoms with Crippen molar-refractivity contribution in [1.82, 2.24) is 15.0 Å². The molecular formula is C48H57N3O4. The highest BCUT2D eigenvalue weighted by Crippen LogP contribution is 2.50. The van der Waals surface area contributed by atoms with Crippen LogP contribution in [0.2, 0.25) is 0 Å². The summed E-state index contributed by atoms with van der Waals surface area (Å²) in [6.45, 7) is 19.9. The van der Waals surface area contributed by atoms with Crippen LogP contribution >= 0.6 is 0 Å². The number of carbonyl (C=O) groups is 2. The number of ether oxygens (including phenoxy) is 2. The van der Waals surface area contributed by atoms with Gasteiger partial charge in [0, 0.05) is 46.4 Å². The summed E-state index contributed by atoms with van der Waals surface area (Å²) in [6, 6.07) is 17.7. The zero-order chi connectivity index (χ0) is 39.4. The van der Waals surface area contributed by atoms with Crippen LogP contribution in [0.5, 0.6) is 0 Å². The van der Waals surface area contributed by atoms with E-state index in [-0.39, 0.29) is 11.9 Å². The van der Waals surface area contributed by atoms with E-state index in [1.807, 2.05) is 55.4 Å². The monoisotopic (exact) mass is 739 g/mol. The lowest BCUT2D eigenvalue weighted by atomic mass is 9.94. The minimum Gasteiger partial charge on any atom is -0.455 e. The zero-order valence-corrected chi connectivity index (χ0v) is 34.4. The van der Waals surface area contributed by atoms with Gasteiger partial charge in [-0.3, -0.25) is 0 Å². The van der Waals surface area contributed by atoms with Crippen molar-refractivity contribution in [3.63, 3.8) is 0 Å². The summed E-state index contributed by atoms with van der Waals surface area (Å²) in [5, 5.41) is 4.86. The Labute approximate surface area is 325 Å². The van der Waals surface area contributed by atoms with Gasteiger partial charge in [-0.05, 0) is 142 Å². The molecule has 0 spiro atoms. The number of H-pyrrole nitrogens is 3. The Kier molecular flexibility index (Phi) is 10.1. The van der Waals surface area contributed by atoms with Gasteiger partial charge in [0.25, 0.3) is 0 Å². The highest BCUT2D eigenvalue weighted by Gasteiger charge is 2.29. The first-order chi connectivity index (χ1) is 26.1. The van der Waals surface area contributed by atoms with E-state index >= 15 is 0 Å². The molecular weight excluding hydrogens is 683 g/mol. The van der Waals surface area contributed by atoms with Crippen LogP contribution in [-0.4, -0.2) is 38.1 Å². The first kappa shape index (κ1) is 38.2. The van der Waals surface area contributed by atoms with Crippen molar-refractivity contribution in [1.29, 1.82) is 0 Å². The highest BCUT2D eigenvalue weighted by atomic mass is 16.6. The lowest BCUT2D eigenvalue weighted by Gasteiger charge is -2.19. The summed E-state index contributed by atoms with van der Waals surface area (Å²) in [5.74, 6) is -0.645. The molecule has 7 heteroatoms. The van der Waals surface area contributed by atoms with Crippen molar-refractivity contribution in [2.45, 2.75) is 132 Å². The number of hydrogen-bond acceptors (Lipinski definition) is 4. The average molecular weight is 740 g/mol. The predicted octanol–water partition coefficient (Wildman–Crippen LogP) is 12.0. The molecule has 6 aromatic rings. The Morgan fingerprint density at radius 2 is 1.05 bits per heavy atom. The van der Waals surface area contributed by atoms with Crippen molar-refractivity contribution in [2.75, 3.05) is 0 Å². The molecule has 3 N–H and O–H groups in total. The number of carbonyl (C=O) groups excluding carboxylic acids is 2. The summed E-state index contributed by atoms with van der Waals surface area (Å²) < 4.78 is 11.7. The number of unbranched alkanes of at least 4 members (excludes halogenated alkanes) is 2. The molecule has 7 nitrogen and oxygen atoms in total. The number of esters is 2. The molecule has 0 radical (unpaired) electrons. The summed E-state index contributed by atoms with van der Waals surface area (Å²) in [6.07, 6.45) is 7.11. The van der Waals surface area contributed by atoms with Crippen LogP contribution < -0.4 is 0 Å². The fourth-order valence-corrected chi connectivity index (χ4v) is 8.52. The Morgan fingerprint density at radius 3 is 1.56 bits per heavy atom. The van der Waals surface area contributed by atoms with Gasteiger partial charge in [-0.1, -0.05) is 69.2 Å². The molecule has 3 heterocycles. The van der Waals surface area contributed by atoms with Crippen molar-refractivity contribution >= 4 is 33.5 Å². The van der Waals surface area contributed by atoms with Gasteiger partial charge in [0.15, 0.2) is 0 Å². The lowest BCUT2D eigenvalue weighted by molar-refractivity contribution is 0.00501. The van der Waals surface area contributed by atoms with Crippen LogP contribution in [0.15, 0.2) is 48.5 Å². The molecule has 0 aliphatic heterocycles. The summed E-state index contributed by atoms with van der Waals surface area (Å²) in [7, 11) is 0. The number of benzene rings is 3. The van der Waals surface area contributed by atoms with Crippen LogP contribution in [-0.2, 0) is 35.2 Å². The third kappa shape index (κ3) is 7.26. The number of fused-ring (bicyclic) bond motifs is 5. The van der Waals surface area contributed by atoms with Gasteiger partial charge in [0.1, 0.15) is 22.6 Å². The molecule has 0 bridgehead atoms. The zero-order valence-electron chi connectivity index (χ0n) is 34.4. The van der Waals surface area contributed by atoms with Crippen LogP contribution in [0, 0.1) is 13.8 Å². The van der Waals surface area contributed by atoms with E-state index in [0.717, 1.165) is 72.4 Å². The van der Waals surface area contributed by atoms with Gasteiger partial charge in [0.2, 0.25) is 0 Å². The summed E-state index contributed by atoms with van der Waals surface area (Å²) in [4.78, 5) is 38.1. The van der Waals surface area contributed by atoms with E-state index in [1.165, 1.54) is 54.9 Å². The molecule has 0 atom stereocenters. The maximum Gasteiger partial charge on any atom is 0.355 e. The van der Waals surface area contributed by atoms with E-state index < -0.39 is 11.2 Å². The summed E-state index contributed by atoms with van der Waals surface area (Å²) in [5.41, 5.74) is 13.5. The first-order valence-corrected chi connectivity index (χ1v) is 20.2. The largest absolute Gasteiger partial charge is 0.455 e. The second-order valence-electron chi connectivity index (χ2n) is 17.4. The van der Waals surface area contributed by atoms with Crippen molar-refractivity contribution in [2.24, 2.45) is 0 Å². The third-order valence-corrected chi connectivity index (χ3v) is 11.0. The molecule has 288 valence electrons. The SMILES string of the molecule is CCCCc1c(Cc2[nH]c(Cc3[nH]c(C(=O)OC(C)(C)C)c(C)c3CCCC)c3c2cc2c4c(cccc43)-c3ccccc3-2)[nH]c(C(=O)OC(C)(C)C)c1C. The van der Waals surface area contributed by atoms with Crippen molar-refractivity contribution in [3.05, 3.63) is 105 Å². The molecule has 3 aromatic carbocycles. The Hall–Kier alpha value is -5.04. The molecule has 55 heavy (non-hydrogen) atoms. The predicted molar refractivity (Wildman–Crippen MR) is 224 cm³/mol. The maximum atomic E-state index is 13.5. The van der Waals surface area contributed by atoms with E-state index in [4.69, 9.17) is 9.47 Å². The molecule has 0 unspecified atom stereocenters. The minimum atomic E-state index is -0.601. The fourth-order valence-electron chi connectivity index (χ4n) is 8.52. The van der Waals surface area contributed by atoms with Gasteiger partial charge in [-0.25, -0.2) is 9.59 Å². The quantitative estimate of drug-likeness (QED) is 0.109. The number of nitrogens with one attached hydrogen (secondary N) is 3. The Bertz CT molecular complexity index is 2440. The number of hydrogen-bond donors (Lipinski definition) is 3. The molecule has 0 saturated heterocycles. The molecule has 1 aliphatic rings. The maximum absolute atomic E-state index is 13.5. The van der Waals surface area contributed by atoms with Crippen molar-refractivity contribution in [3.8, 4) is 22.3 Å². The first-order valence-electron chi connectivity index (χ1n) is 20.2. The molecule has 0 saturated carbocycles. The normalized spacial score (nSPS) is 12.5. The second kappa shape index (κ2) is 14.6. The number of aromatic nitrogens is 3. The number of aromatic amines is 3. The lowest BCUT2D eigenvalue weighted by Crippen LogP contribution is -2.24. The van der Waals surface area contributed by atoms with Crippen LogP contribution in [0.4, 0.5) is 0 Å². The molecule has 7 rings (SSSR count). The number of rotatable bonds is 12. The molecule has 0 fully saturated rings. The van der Waals surface area contributed by atoms with Crippen LogP contribution in [0.25, 0.3) is 43.8 Å². The standard InChI is InChI=1S/C48H57N3O4/c1-11-13-18-29-27(3)43(45(52)54-47(5,6)7)50-37(29)25-39-36-24-35-32-21-16-15-20-31(32)33-22-17-23-34(41(33)35)42(36)40(49-39)26-38-30(19-14-12-2)28(4)44(51-38)46(53)55-48(8,9)10/h15-17,20-24,49-51H,11-14,18-19,25-26H2,1-10H3. The fraction of sp³-hybridized carbons (Fsp3) is 0.417. The smallest absolute Gasteiger partial charge is 0.355 e. The molecule has 0 amide bonds. The Morgan fingerprint density at radius 1 is 0.564 bits per heavy atom. The van der Waals surface area contributed by atoms with E-state index in [9.17, 15) is 9.59 Å². The average Bonchev–Trinajstić information content (AvgIpc) is 3.82. The van der Waals surface area contributed by atoms with E-state index in [0.29, 0.717) is 24.2 Å². The van der Waals surface area contributed by atoms with Crippen LogP contribution in [0.1, 0.15) is 147 Å². The molecule has 1 aliphatic carbocycles. The van der Waals surface area contributed by atoms with Gasteiger partial charge in [0.05, 0.1) is 0 Å². The topological polar surface area (TPSA) is 100.0 Å². The van der Waals surface area contributed by atoms with Crippen molar-refractivity contribution < 1.29 is 19.1 Å². The van der Waals surface area contributed by atoms with Gasteiger partial charge < -0.3 is 24.4 Å². The van der Waals surface area contributed by atoms with Crippen LogP contribution in [0.3, 0.4) is 0 Å². The van der Waals surface area contributed by atoms with Gasteiger partial charge in [-0.2, -0.15) is 0 Å². The minimum absolute atomic E-state index is 0.322. The third-order valence-electron chi connectivity index (χ3n) is 11.0. The molecule has 3 aromatic heterocycles. The van der Waals surface area contributed by atoms with Gasteiger partial charge in [-0.15, -0.1) is 0 Å². The van der Waals surface area contributed by atoms with Gasteiger partial charge >= 0.3 is 11.9 Å². The highest BCUT2D eigenvalue weighted by molar-refractivity contribution is 6.24. The second-order valence-corrected chi connectivity index (χ2v) is 17.4. The van der Waals surface area contributed by atoms with E-state index in [1.54, 1.807) is 0 Å². The van der Waals surface area contributed by atoms with E-state index in [2.05, 4.69) is 77.3 Å². The Balaban J connectivity index is 1.43. The summed E-state index contributed by atoms with van der Waals surface area (Å²) >= 11 is 0.